The van der Waals surface area contributed by atoms with Crippen LogP contribution in [0.1, 0.15) is 11.1 Å². The molecule has 1 aromatic heterocycles. The van der Waals surface area contributed by atoms with Crippen molar-refractivity contribution >= 4 is 33.1 Å². The summed E-state index contributed by atoms with van der Waals surface area (Å²) in [5.41, 5.74) is 12.6. The molecular formula is C17H17N5O2S. The molecule has 0 fully saturated rings. The lowest BCUT2D eigenvalue weighted by Gasteiger charge is -2.07. The largest absolute Gasteiger partial charge is 0.369 e. The number of hydrogen-bond acceptors (Lipinski definition) is 4. The summed E-state index contributed by atoms with van der Waals surface area (Å²) in [5.74, 6) is -0.173. The molecule has 0 aliphatic carbocycles. The summed E-state index contributed by atoms with van der Waals surface area (Å²) >= 11 is 0. The molecule has 3 aromatic rings. The second kappa shape index (κ2) is 6.40. The van der Waals surface area contributed by atoms with Gasteiger partial charge < -0.3 is 11.5 Å². The van der Waals surface area contributed by atoms with E-state index in [1.807, 2.05) is 25.1 Å². The number of hydrogen-bond donors (Lipinski definition) is 2. The number of guanidine groups is 1. The summed E-state index contributed by atoms with van der Waals surface area (Å²) in [4.78, 5) is 0.209. The average Bonchev–Trinajstić information content (AvgIpc) is 2.94. The maximum Gasteiger partial charge on any atom is 0.268 e. The number of nitrogens with two attached hydrogens (primary N) is 2. The van der Waals surface area contributed by atoms with E-state index in [0.29, 0.717) is 11.1 Å². The summed E-state index contributed by atoms with van der Waals surface area (Å²) in [6.45, 7) is 1.90. The van der Waals surface area contributed by atoms with Crippen LogP contribution in [0.25, 0.3) is 10.9 Å². The van der Waals surface area contributed by atoms with Gasteiger partial charge in [-0.15, -0.1) is 5.10 Å². The van der Waals surface area contributed by atoms with Gasteiger partial charge in [0.25, 0.3) is 10.0 Å². The van der Waals surface area contributed by atoms with Crippen LogP contribution in [0, 0.1) is 6.92 Å². The molecular weight excluding hydrogens is 338 g/mol. The Morgan fingerprint density at radius 2 is 1.84 bits per heavy atom. The fraction of sp³-hybridized carbons (Fsp3) is 0.0588. The Kier molecular flexibility index (Phi) is 4.28. The molecule has 0 saturated carbocycles. The first kappa shape index (κ1) is 16.7. The predicted molar refractivity (Wildman–Crippen MR) is 99.1 cm³/mol. The molecule has 0 amide bonds. The number of nitrogens with zero attached hydrogens (tertiary/aromatic N) is 3. The minimum Gasteiger partial charge on any atom is -0.369 e. The van der Waals surface area contributed by atoms with Gasteiger partial charge in [-0.25, -0.2) is 12.4 Å². The van der Waals surface area contributed by atoms with Crippen molar-refractivity contribution in [3.05, 3.63) is 65.9 Å². The van der Waals surface area contributed by atoms with Crippen LogP contribution >= 0.6 is 0 Å². The van der Waals surface area contributed by atoms with Crippen LogP contribution in [-0.4, -0.2) is 24.6 Å². The Hall–Kier alpha value is -3.13. The smallest absolute Gasteiger partial charge is 0.268 e. The second-order valence-electron chi connectivity index (χ2n) is 5.49. The summed E-state index contributed by atoms with van der Waals surface area (Å²) in [6, 6.07) is 13.8. The number of benzene rings is 2. The number of aromatic nitrogens is 1. The third-order valence-corrected chi connectivity index (χ3v) is 5.32. The van der Waals surface area contributed by atoms with Gasteiger partial charge in [-0.3, -0.25) is 0 Å². The van der Waals surface area contributed by atoms with Crippen molar-refractivity contribution in [1.82, 2.24) is 3.97 Å². The van der Waals surface area contributed by atoms with Gasteiger partial charge in [-0.1, -0.05) is 30.3 Å². The van der Waals surface area contributed by atoms with Crippen molar-refractivity contribution in [3.8, 4) is 0 Å². The standard InChI is InChI=1S/C17H17N5O2S/c1-12-7-8-15-13(10-20-21-17(18)19)11-22(16(15)9-12)25(23,24)14-5-3-2-4-6-14/h2-11H,1H3,(H4,18,19,21)/b20-10+. The monoisotopic (exact) mass is 355 g/mol. The van der Waals surface area contributed by atoms with Crippen LogP contribution in [0.2, 0.25) is 0 Å². The fourth-order valence-electron chi connectivity index (χ4n) is 2.50. The molecule has 128 valence electrons. The zero-order valence-corrected chi connectivity index (χ0v) is 14.3. The van der Waals surface area contributed by atoms with Gasteiger partial charge in [0.05, 0.1) is 16.6 Å². The molecule has 0 aliphatic rings. The van der Waals surface area contributed by atoms with E-state index >= 15 is 0 Å². The molecule has 0 radical (unpaired) electrons. The molecule has 4 N–H and O–H groups in total. The van der Waals surface area contributed by atoms with Crippen LogP contribution in [0.15, 0.2) is 69.8 Å². The van der Waals surface area contributed by atoms with E-state index < -0.39 is 10.0 Å². The molecule has 0 spiro atoms. The molecule has 0 unspecified atom stereocenters. The maximum atomic E-state index is 13.0. The SMILES string of the molecule is Cc1ccc2c(/C=N/N=C(N)N)cn(S(=O)(=O)c3ccccc3)c2c1. The summed E-state index contributed by atoms with van der Waals surface area (Å²) < 4.78 is 27.3. The van der Waals surface area contributed by atoms with Crippen molar-refractivity contribution in [2.75, 3.05) is 0 Å². The lowest BCUT2D eigenvalue weighted by Crippen LogP contribution is -2.21. The van der Waals surface area contributed by atoms with Crippen molar-refractivity contribution in [2.45, 2.75) is 11.8 Å². The Morgan fingerprint density at radius 1 is 1.12 bits per heavy atom. The summed E-state index contributed by atoms with van der Waals surface area (Å²) in [7, 11) is -3.73. The van der Waals surface area contributed by atoms with Crippen molar-refractivity contribution < 1.29 is 8.42 Å². The highest BCUT2D eigenvalue weighted by atomic mass is 32.2. The molecule has 7 nitrogen and oxygen atoms in total. The van der Waals surface area contributed by atoms with E-state index in [-0.39, 0.29) is 10.9 Å². The minimum atomic E-state index is -3.73. The first-order valence-corrected chi connectivity index (χ1v) is 8.88. The maximum absolute atomic E-state index is 13.0. The lowest BCUT2D eigenvalue weighted by molar-refractivity contribution is 0.589. The third-order valence-electron chi connectivity index (χ3n) is 3.63. The molecule has 25 heavy (non-hydrogen) atoms. The van der Waals surface area contributed by atoms with Crippen molar-refractivity contribution in [3.63, 3.8) is 0 Å². The first-order chi connectivity index (χ1) is 11.9. The average molecular weight is 355 g/mol. The van der Waals surface area contributed by atoms with Gasteiger partial charge in [0, 0.05) is 17.1 Å². The topological polar surface area (TPSA) is 116 Å². The van der Waals surface area contributed by atoms with E-state index in [1.165, 1.54) is 16.4 Å². The van der Waals surface area contributed by atoms with Crippen LogP contribution < -0.4 is 11.5 Å². The molecule has 0 atom stereocenters. The highest BCUT2D eigenvalue weighted by Gasteiger charge is 2.20. The molecule has 3 rings (SSSR count). The summed E-state index contributed by atoms with van der Waals surface area (Å²) in [6.07, 6.45) is 2.94. The fourth-order valence-corrected chi connectivity index (χ4v) is 3.89. The molecule has 2 aromatic carbocycles. The molecule has 0 aliphatic heterocycles. The van der Waals surface area contributed by atoms with Crippen LogP contribution in [-0.2, 0) is 10.0 Å². The highest BCUT2D eigenvalue weighted by molar-refractivity contribution is 7.90. The van der Waals surface area contributed by atoms with Crippen LogP contribution in [0.3, 0.4) is 0 Å². The first-order valence-electron chi connectivity index (χ1n) is 7.44. The van der Waals surface area contributed by atoms with E-state index in [4.69, 9.17) is 11.5 Å². The number of rotatable bonds is 4. The minimum absolute atomic E-state index is 0.173. The van der Waals surface area contributed by atoms with E-state index in [9.17, 15) is 8.42 Å². The molecule has 0 bridgehead atoms. The van der Waals surface area contributed by atoms with Gasteiger partial charge in [0.15, 0.2) is 0 Å². The Labute approximate surface area is 145 Å². The quantitative estimate of drug-likeness (QED) is 0.421. The van der Waals surface area contributed by atoms with Gasteiger partial charge in [-0.05, 0) is 30.7 Å². The Balaban J connectivity index is 2.24. The molecule has 1 heterocycles. The van der Waals surface area contributed by atoms with Gasteiger partial charge >= 0.3 is 0 Å². The van der Waals surface area contributed by atoms with E-state index in [1.54, 1.807) is 30.3 Å². The van der Waals surface area contributed by atoms with Crippen LogP contribution in [0.4, 0.5) is 0 Å². The zero-order valence-electron chi connectivity index (χ0n) is 13.5. The van der Waals surface area contributed by atoms with Crippen LogP contribution in [0.5, 0.6) is 0 Å². The molecule has 0 saturated heterocycles. The number of fused-ring (bicyclic) bond motifs is 1. The van der Waals surface area contributed by atoms with Crippen molar-refractivity contribution in [1.29, 1.82) is 0 Å². The lowest BCUT2D eigenvalue weighted by atomic mass is 10.1. The second-order valence-corrected chi connectivity index (χ2v) is 7.30. The Morgan fingerprint density at radius 3 is 2.52 bits per heavy atom. The third kappa shape index (κ3) is 3.24. The number of aryl methyl sites for hydroxylation is 1. The van der Waals surface area contributed by atoms with Gasteiger partial charge in [-0.2, -0.15) is 5.10 Å². The van der Waals surface area contributed by atoms with E-state index in [2.05, 4.69) is 10.2 Å². The Bertz CT molecular complexity index is 1080. The zero-order chi connectivity index (χ0) is 18.0. The molecule has 8 heteroatoms. The highest BCUT2D eigenvalue weighted by Crippen LogP contribution is 2.26. The predicted octanol–water partition coefficient (Wildman–Crippen LogP) is 1.79. The summed E-state index contributed by atoms with van der Waals surface area (Å²) in [5, 5.41) is 8.08. The van der Waals surface area contributed by atoms with Crippen molar-refractivity contribution in [2.24, 2.45) is 21.7 Å². The van der Waals surface area contributed by atoms with Gasteiger partial charge in [0.1, 0.15) is 0 Å². The van der Waals surface area contributed by atoms with E-state index in [0.717, 1.165) is 10.9 Å². The van der Waals surface area contributed by atoms with Gasteiger partial charge in [0.2, 0.25) is 5.96 Å². The normalized spacial score (nSPS) is 11.9.